The molecule has 0 saturated heterocycles. The molecule has 0 aliphatic heterocycles. The number of hydrogen-bond donors (Lipinski definition) is 2. The van der Waals surface area contributed by atoms with Crippen LogP contribution >= 0.6 is 0 Å². The Labute approximate surface area is 114 Å². The SMILES string of the molecule is CS(=O)(=O)CCC(=O)NCC(=O)NC1CCCCC1. The zero-order chi connectivity index (χ0) is 14.3. The minimum atomic E-state index is -3.14. The zero-order valence-electron chi connectivity index (χ0n) is 11.3. The van der Waals surface area contributed by atoms with Gasteiger partial charge in [0.15, 0.2) is 0 Å². The van der Waals surface area contributed by atoms with Crippen molar-refractivity contribution in [3.63, 3.8) is 0 Å². The van der Waals surface area contributed by atoms with Gasteiger partial charge in [-0.25, -0.2) is 8.42 Å². The lowest BCUT2D eigenvalue weighted by Gasteiger charge is -2.22. The van der Waals surface area contributed by atoms with E-state index in [1.54, 1.807) is 0 Å². The molecule has 2 amide bonds. The van der Waals surface area contributed by atoms with Crippen LogP contribution in [0.1, 0.15) is 38.5 Å². The highest BCUT2D eigenvalue weighted by molar-refractivity contribution is 7.90. The number of rotatable bonds is 6. The summed E-state index contributed by atoms with van der Waals surface area (Å²) < 4.78 is 21.8. The van der Waals surface area contributed by atoms with Gasteiger partial charge in [0, 0.05) is 18.7 Å². The van der Waals surface area contributed by atoms with E-state index in [2.05, 4.69) is 10.6 Å². The van der Waals surface area contributed by atoms with Crippen molar-refractivity contribution in [1.82, 2.24) is 10.6 Å². The molecule has 1 fully saturated rings. The fraction of sp³-hybridized carbons (Fsp3) is 0.833. The number of carbonyl (C=O) groups is 2. The summed E-state index contributed by atoms with van der Waals surface area (Å²) in [6, 6.07) is 0.217. The molecular weight excluding hydrogens is 268 g/mol. The Bertz CT molecular complexity index is 413. The average molecular weight is 290 g/mol. The summed E-state index contributed by atoms with van der Waals surface area (Å²) >= 11 is 0. The van der Waals surface area contributed by atoms with Crippen molar-refractivity contribution in [2.24, 2.45) is 0 Å². The van der Waals surface area contributed by atoms with Gasteiger partial charge in [-0.15, -0.1) is 0 Å². The third kappa shape index (κ3) is 7.81. The Morgan fingerprint density at radius 1 is 1.11 bits per heavy atom. The van der Waals surface area contributed by atoms with Crippen molar-refractivity contribution in [2.45, 2.75) is 44.6 Å². The quantitative estimate of drug-likeness (QED) is 0.719. The first-order chi connectivity index (χ1) is 8.87. The summed E-state index contributed by atoms with van der Waals surface area (Å²) in [4.78, 5) is 22.9. The van der Waals surface area contributed by atoms with E-state index in [0.29, 0.717) is 0 Å². The molecule has 0 heterocycles. The zero-order valence-corrected chi connectivity index (χ0v) is 12.1. The standard InChI is InChI=1S/C12H22N2O4S/c1-19(17,18)8-7-11(15)13-9-12(16)14-10-5-3-2-4-6-10/h10H,2-9H2,1H3,(H,13,15)(H,14,16). The largest absolute Gasteiger partial charge is 0.352 e. The van der Waals surface area contributed by atoms with E-state index < -0.39 is 15.7 Å². The molecule has 1 aliphatic carbocycles. The smallest absolute Gasteiger partial charge is 0.239 e. The highest BCUT2D eigenvalue weighted by atomic mass is 32.2. The predicted octanol–water partition coefficient (Wildman–Crippen LogP) is -0.0138. The normalized spacial score (nSPS) is 16.9. The van der Waals surface area contributed by atoms with Crippen LogP contribution in [0.3, 0.4) is 0 Å². The molecule has 0 radical (unpaired) electrons. The van der Waals surface area contributed by atoms with Crippen LogP contribution in [0.2, 0.25) is 0 Å². The number of sulfone groups is 1. The molecule has 1 rings (SSSR count). The van der Waals surface area contributed by atoms with Crippen LogP contribution in [0.15, 0.2) is 0 Å². The van der Waals surface area contributed by atoms with Crippen LogP contribution in [0.5, 0.6) is 0 Å². The Balaban J connectivity index is 2.16. The third-order valence-electron chi connectivity index (χ3n) is 3.12. The third-order valence-corrected chi connectivity index (χ3v) is 4.06. The molecular formula is C12H22N2O4S. The Kier molecular flexibility index (Phi) is 6.27. The van der Waals surface area contributed by atoms with Gasteiger partial charge in [-0.1, -0.05) is 19.3 Å². The first kappa shape index (κ1) is 15.9. The lowest BCUT2D eigenvalue weighted by atomic mass is 9.95. The minimum absolute atomic E-state index is 0.0842. The molecule has 0 bridgehead atoms. The van der Waals surface area contributed by atoms with E-state index in [-0.39, 0.29) is 30.7 Å². The molecule has 110 valence electrons. The van der Waals surface area contributed by atoms with Crippen molar-refractivity contribution in [3.05, 3.63) is 0 Å². The first-order valence-corrected chi connectivity index (χ1v) is 8.66. The average Bonchev–Trinajstić information content (AvgIpc) is 2.34. The molecule has 1 aliphatic rings. The van der Waals surface area contributed by atoms with Crippen LogP contribution in [-0.2, 0) is 19.4 Å². The van der Waals surface area contributed by atoms with E-state index in [0.717, 1.165) is 31.9 Å². The van der Waals surface area contributed by atoms with Gasteiger partial charge in [0.1, 0.15) is 9.84 Å². The second-order valence-corrected chi connectivity index (χ2v) is 7.32. The van der Waals surface area contributed by atoms with E-state index >= 15 is 0 Å². The van der Waals surface area contributed by atoms with Gasteiger partial charge in [0.25, 0.3) is 0 Å². The van der Waals surface area contributed by atoms with Gasteiger partial charge in [-0.2, -0.15) is 0 Å². The van der Waals surface area contributed by atoms with Gasteiger partial charge < -0.3 is 10.6 Å². The van der Waals surface area contributed by atoms with E-state index in [9.17, 15) is 18.0 Å². The maximum Gasteiger partial charge on any atom is 0.239 e. The molecule has 6 nitrogen and oxygen atoms in total. The topological polar surface area (TPSA) is 92.3 Å². The summed E-state index contributed by atoms with van der Waals surface area (Å²) in [7, 11) is -3.14. The van der Waals surface area contributed by atoms with Gasteiger partial charge in [0.05, 0.1) is 12.3 Å². The van der Waals surface area contributed by atoms with Crippen molar-refractivity contribution in [2.75, 3.05) is 18.6 Å². The lowest BCUT2D eigenvalue weighted by Crippen LogP contribution is -2.42. The fourth-order valence-corrected chi connectivity index (χ4v) is 2.63. The van der Waals surface area contributed by atoms with Crippen molar-refractivity contribution >= 4 is 21.7 Å². The lowest BCUT2D eigenvalue weighted by molar-refractivity contribution is -0.126. The summed E-state index contributed by atoms with van der Waals surface area (Å²) in [6.07, 6.45) is 6.44. The summed E-state index contributed by atoms with van der Waals surface area (Å²) in [5.41, 5.74) is 0. The summed E-state index contributed by atoms with van der Waals surface area (Å²) in [5, 5.41) is 5.30. The second-order valence-electron chi connectivity index (χ2n) is 5.06. The van der Waals surface area contributed by atoms with Crippen LogP contribution < -0.4 is 10.6 Å². The molecule has 0 aromatic heterocycles. The van der Waals surface area contributed by atoms with Crippen molar-refractivity contribution < 1.29 is 18.0 Å². The van der Waals surface area contributed by atoms with Gasteiger partial charge in [0.2, 0.25) is 11.8 Å². The van der Waals surface area contributed by atoms with Crippen LogP contribution in [0.4, 0.5) is 0 Å². The van der Waals surface area contributed by atoms with E-state index in [1.165, 1.54) is 6.42 Å². The number of nitrogens with one attached hydrogen (secondary N) is 2. The molecule has 7 heteroatoms. The second kappa shape index (κ2) is 7.47. The molecule has 1 saturated carbocycles. The van der Waals surface area contributed by atoms with Gasteiger partial charge in [-0.05, 0) is 12.8 Å². The van der Waals surface area contributed by atoms with Gasteiger partial charge in [-0.3, -0.25) is 9.59 Å². The number of carbonyl (C=O) groups excluding carboxylic acids is 2. The summed E-state index contributed by atoms with van der Waals surface area (Å²) in [6.45, 7) is -0.0842. The Hall–Kier alpha value is -1.11. The Morgan fingerprint density at radius 3 is 2.32 bits per heavy atom. The summed E-state index contributed by atoms with van der Waals surface area (Å²) in [5.74, 6) is -0.813. The van der Waals surface area contributed by atoms with E-state index in [1.807, 2.05) is 0 Å². The fourth-order valence-electron chi connectivity index (χ4n) is 2.07. The van der Waals surface area contributed by atoms with Gasteiger partial charge >= 0.3 is 0 Å². The maximum atomic E-state index is 11.6. The van der Waals surface area contributed by atoms with Crippen molar-refractivity contribution in [3.8, 4) is 0 Å². The maximum absolute atomic E-state index is 11.6. The molecule has 0 aromatic carbocycles. The predicted molar refractivity (Wildman–Crippen MR) is 72.4 cm³/mol. The van der Waals surface area contributed by atoms with Crippen LogP contribution in [0, 0.1) is 0 Å². The monoisotopic (exact) mass is 290 g/mol. The Morgan fingerprint density at radius 2 is 1.74 bits per heavy atom. The number of amides is 2. The first-order valence-electron chi connectivity index (χ1n) is 6.60. The molecule has 2 N–H and O–H groups in total. The minimum Gasteiger partial charge on any atom is -0.352 e. The number of hydrogen-bond acceptors (Lipinski definition) is 4. The van der Waals surface area contributed by atoms with Crippen LogP contribution in [0.25, 0.3) is 0 Å². The highest BCUT2D eigenvalue weighted by Crippen LogP contribution is 2.16. The molecule has 19 heavy (non-hydrogen) atoms. The van der Waals surface area contributed by atoms with Crippen LogP contribution in [-0.4, -0.2) is 44.8 Å². The molecule has 0 unspecified atom stereocenters. The molecule has 0 atom stereocenters. The highest BCUT2D eigenvalue weighted by Gasteiger charge is 2.16. The molecule has 0 spiro atoms. The van der Waals surface area contributed by atoms with Crippen molar-refractivity contribution in [1.29, 1.82) is 0 Å². The molecule has 0 aromatic rings. The van der Waals surface area contributed by atoms with E-state index in [4.69, 9.17) is 0 Å².